The Kier molecular flexibility index (Phi) is 8.11. The minimum absolute atomic E-state index is 0.0810. The molecule has 0 aliphatic rings. The minimum atomic E-state index is -3.80. The van der Waals surface area contributed by atoms with Crippen LogP contribution in [-0.4, -0.2) is 19.6 Å². The number of sulfonamides is 1. The lowest BCUT2D eigenvalue weighted by Gasteiger charge is -2.15. The molecule has 0 bridgehead atoms. The predicted octanol–water partition coefficient (Wildman–Crippen LogP) is 6.61. The second-order valence-corrected chi connectivity index (χ2v) is 10.9. The molecular formula is C23H22Cl2N2O3S2. The van der Waals surface area contributed by atoms with E-state index >= 15 is 0 Å². The molecule has 2 N–H and O–H groups in total. The van der Waals surface area contributed by atoms with E-state index in [0.29, 0.717) is 27.8 Å². The van der Waals surface area contributed by atoms with Gasteiger partial charge in [0, 0.05) is 20.6 Å². The summed E-state index contributed by atoms with van der Waals surface area (Å²) in [7, 11) is -3.80. The van der Waals surface area contributed by atoms with Gasteiger partial charge in [0.15, 0.2) is 0 Å². The maximum atomic E-state index is 12.7. The van der Waals surface area contributed by atoms with Crippen LogP contribution in [0.3, 0.4) is 0 Å². The Morgan fingerprint density at radius 3 is 2.22 bits per heavy atom. The number of carbonyl (C=O) groups is 1. The molecule has 3 aromatic rings. The normalized spacial score (nSPS) is 12.2. The molecule has 0 radical (unpaired) electrons. The van der Waals surface area contributed by atoms with Crippen LogP contribution in [0.1, 0.15) is 18.9 Å². The molecule has 0 aliphatic heterocycles. The highest BCUT2D eigenvalue weighted by atomic mass is 35.5. The van der Waals surface area contributed by atoms with Gasteiger partial charge in [-0.05, 0) is 79.6 Å². The molecule has 168 valence electrons. The summed E-state index contributed by atoms with van der Waals surface area (Å²) in [6.45, 7) is 3.73. The summed E-state index contributed by atoms with van der Waals surface area (Å²) in [6.07, 6.45) is 0.633. The van der Waals surface area contributed by atoms with Gasteiger partial charge in [0.05, 0.1) is 15.8 Å². The molecule has 0 heterocycles. The molecule has 0 aliphatic carbocycles. The molecule has 0 saturated carbocycles. The summed E-state index contributed by atoms with van der Waals surface area (Å²) in [4.78, 5) is 13.7. The first kappa shape index (κ1) is 24.5. The van der Waals surface area contributed by atoms with Crippen LogP contribution in [0.2, 0.25) is 10.0 Å². The van der Waals surface area contributed by atoms with Crippen LogP contribution in [0, 0.1) is 6.92 Å². The van der Waals surface area contributed by atoms with E-state index in [2.05, 4.69) is 10.0 Å². The number of aryl methyl sites for hydroxylation is 1. The molecule has 9 heteroatoms. The van der Waals surface area contributed by atoms with Crippen molar-refractivity contribution in [3.8, 4) is 0 Å². The van der Waals surface area contributed by atoms with E-state index < -0.39 is 10.0 Å². The number of hydrogen-bond acceptors (Lipinski definition) is 4. The molecule has 0 fully saturated rings. The Bertz CT molecular complexity index is 1200. The van der Waals surface area contributed by atoms with E-state index in [1.165, 1.54) is 23.9 Å². The molecule has 0 aromatic heterocycles. The van der Waals surface area contributed by atoms with Gasteiger partial charge in [0.25, 0.3) is 10.0 Å². The van der Waals surface area contributed by atoms with Gasteiger partial charge in [-0.1, -0.05) is 36.2 Å². The number of carbonyl (C=O) groups excluding carboxylic acids is 1. The molecule has 1 atom stereocenters. The molecule has 5 nitrogen and oxygen atoms in total. The van der Waals surface area contributed by atoms with Crippen LogP contribution in [0.15, 0.2) is 76.5 Å². The molecule has 32 heavy (non-hydrogen) atoms. The molecule has 3 rings (SSSR count). The standard InChI is InChI=1S/C23H22Cl2N2O3S2/c1-3-22(31-19-10-6-16(24)7-11-19)23(28)26-18-8-12-20(13-9-18)32(29,30)27-21-14-17(25)5-4-15(21)2/h4-14,22,27H,3H2,1-2H3,(H,26,28)/t22-/m0/s1. The number of nitrogens with one attached hydrogen (secondary N) is 2. The van der Waals surface area contributed by atoms with Crippen LogP contribution < -0.4 is 10.0 Å². The molecule has 0 spiro atoms. The average Bonchev–Trinajstić information content (AvgIpc) is 2.76. The largest absolute Gasteiger partial charge is 0.325 e. The quantitative estimate of drug-likeness (QED) is 0.335. The van der Waals surface area contributed by atoms with Gasteiger partial charge in [-0.3, -0.25) is 9.52 Å². The van der Waals surface area contributed by atoms with Crippen molar-refractivity contribution in [1.82, 2.24) is 0 Å². The van der Waals surface area contributed by atoms with E-state index in [9.17, 15) is 13.2 Å². The zero-order chi connectivity index (χ0) is 23.3. The fraction of sp³-hybridized carbons (Fsp3) is 0.174. The highest BCUT2D eigenvalue weighted by Gasteiger charge is 2.19. The highest BCUT2D eigenvalue weighted by Crippen LogP contribution is 2.28. The minimum Gasteiger partial charge on any atom is -0.325 e. The first-order valence-corrected chi connectivity index (χ1v) is 12.9. The monoisotopic (exact) mass is 508 g/mol. The molecule has 0 saturated heterocycles. The summed E-state index contributed by atoms with van der Waals surface area (Å²) in [6, 6.07) is 18.3. The summed E-state index contributed by atoms with van der Waals surface area (Å²) >= 11 is 13.3. The van der Waals surface area contributed by atoms with E-state index in [1.807, 2.05) is 19.1 Å². The van der Waals surface area contributed by atoms with E-state index in [4.69, 9.17) is 23.2 Å². The van der Waals surface area contributed by atoms with Crippen molar-refractivity contribution in [3.05, 3.63) is 82.3 Å². The summed E-state index contributed by atoms with van der Waals surface area (Å²) in [5.41, 5.74) is 1.69. The molecule has 1 amide bonds. The van der Waals surface area contributed by atoms with E-state index in [0.717, 1.165) is 10.5 Å². The number of halogens is 2. The van der Waals surface area contributed by atoms with Crippen molar-refractivity contribution >= 4 is 62.3 Å². The van der Waals surface area contributed by atoms with Gasteiger partial charge in [-0.25, -0.2) is 8.42 Å². The summed E-state index contributed by atoms with van der Waals surface area (Å²) < 4.78 is 28.0. The van der Waals surface area contributed by atoms with E-state index in [1.54, 1.807) is 49.4 Å². The van der Waals surface area contributed by atoms with Crippen LogP contribution in [0.4, 0.5) is 11.4 Å². The van der Waals surface area contributed by atoms with Gasteiger partial charge in [-0.15, -0.1) is 11.8 Å². The molecular weight excluding hydrogens is 487 g/mol. The van der Waals surface area contributed by atoms with Crippen LogP contribution >= 0.6 is 35.0 Å². The maximum absolute atomic E-state index is 12.7. The molecule has 0 unspecified atom stereocenters. The lowest BCUT2D eigenvalue weighted by molar-refractivity contribution is -0.115. The van der Waals surface area contributed by atoms with Gasteiger partial charge in [-0.2, -0.15) is 0 Å². The zero-order valence-corrected chi connectivity index (χ0v) is 20.6. The van der Waals surface area contributed by atoms with Crippen molar-refractivity contribution in [1.29, 1.82) is 0 Å². The fourth-order valence-corrected chi connectivity index (χ4v) is 5.22. The number of thioether (sulfide) groups is 1. The van der Waals surface area contributed by atoms with Crippen LogP contribution in [0.25, 0.3) is 0 Å². The number of hydrogen-bond donors (Lipinski definition) is 2. The average molecular weight is 509 g/mol. The zero-order valence-electron chi connectivity index (χ0n) is 17.4. The first-order chi connectivity index (χ1) is 15.2. The smallest absolute Gasteiger partial charge is 0.261 e. The lowest BCUT2D eigenvalue weighted by Crippen LogP contribution is -2.24. The summed E-state index contributed by atoms with van der Waals surface area (Å²) in [5.74, 6) is -0.157. The second kappa shape index (κ2) is 10.6. The Morgan fingerprint density at radius 2 is 1.59 bits per heavy atom. The predicted molar refractivity (Wildman–Crippen MR) is 133 cm³/mol. The topological polar surface area (TPSA) is 75.3 Å². The van der Waals surface area contributed by atoms with Crippen molar-refractivity contribution in [2.75, 3.05) is 10.0 Å². The Hall–Kier alpha value is -2.19. The number of anilines is 2. The third kappa shape index (κ3) is 6.42. The Morgan fingerprint density at radius 1 is 0.969 bits per heavy atom. The maximum Gasteiger partial charge on any atom is 0.261 e. The third-order valence-corrected chi connectivity index (χ3v) is 7.88. The van der Waals surface area contributed by atoms with E-state index in [-0.39, 0.29) is 16.1 Å². The first-order valence-electron chi connectivity index (χ1n) is 9.80. The summed E-state index contributed by atoms with van der Waals surface area (Å²) in [5, 5.41) is 3.63. The Balaban J connectivity index is 1.68. The number of rotatable bonds is 8. The Labute approximate surface area is 202 Å². The van der Waals surface area contributed by atoms with Gasteiger partial charge >= 0.3 is 0 Å². The number of amides is 1. The second-order valence-electron chi connectivity index (χ2n) is 7.05. The van der Waals surface area contributed by atoms with Crippen molar-refractivity contribution < 1.29 is 13.2 Å². The fourth-order valence-electron chi connectivity index (χ4n) is 2.85. The van der Waals surface area contributed by atoms with Crippen LogP contribution in [0.5, 0.6) is 0 Å². The van der Waals surface area contributed by atoms with Crippen molar-refractivity contribution in [3.63, 3.8) is 0 Å². The molecule has 3 aromatic carbocycles. The third-order valence-electron chi connectivity index (χ3n) is 4.63. The van der Waals surface area contributed by atoms with Gasteiger partial charge < -0.3 is 5.32 Å². The number of benzene rings is 3. The SMILES string of the molecule is CC[C@H](Sc1ccc(Cl)cc1)C(=O)Nc1ccc(S(=O)(=O)Nc2cc(Cl)ccc2C)cc1. The van der Waals surface area contributed by atoms with Crippen LogP contribution in [-0.2, 0) is 14.8 Å². The van der Waals surface area contributed by atoms with Gasteiger partial charge in [0.2, 0.25) is 5.91 Å². The van der Waals surface area contributed by atoms with Crippen molar-refractivity contribution in [2.45, 2.75) is 35.3 Å². The lowest BCUT2D eigenvalue weighted by atomic mass is 10.2. The highest BCUT2D eigenvalue weighted by molar-refractivity contribution is 8.00. The van der Waals surface area contributed by atoms with Gasteiger partial charge in [0.1, 0.15) is 0 Å². The van der Waals surface area contributed by atoms with Crippen molar-refractivity contribution in [2.24, 2.45) is 0 Å².